The number of hydrogen-bond donors (Lipinski definition) is 3. The number of rotatable bonds is 10. The van der Waals surface area contributed by atoms with Gasteiger partial charge in [-0.25, -0.2) is 0 Å². The van der Waals surface area contributed by atoms with Crippen molar-refractivity contribution in [3.63, 3.8) is 0 Å². The van der Waals surface area contributed by atoms with E-state index in [-0.39, 0.29) is 25.6 Å². The van der Waals surface area contributed by atoms with Crippen molar-refractivity contribution < 1.29 is 34.4 Å². The largest absolute Gasteiger partial charge is 0.481 e. The van der Waals surface area contributed by atoms with Crippen LogP contribution in [0.4, 0.5) is 0 Å². The first-order chi connectivity index (χ1) is 12.5. The standard InChI is InChI=1S/C9H16O4.C4H10O.C2H6O2.2C2H4/c1-2-7-13-9(12)6-4-3-5-8(10)11;1-3-5-4-2;3-1-2-4;2*1-2/h2-7H2,1H3,(H,10,11);3-4H2,1-2H3;3-4H,1-2H2;2*1-2H2. The van der Waals surface area contributed by atoms with Gasteiger partial charge in [-0.05, 0) is 33.1 Å². The molecule has 0 aromatic rings. The zero-order valence-corrected chi connectivity index (χ0v) is 16.9. The number of ether oxygens (including phenoxy) is 2. The summed E-state index contributed by atoms with van der Waals surface area (Å²) in [4.78, 5) is 21.0. The van der Waals surface area contributed by atoms with Gasteiger partial charge in [0.25, 0.3) is 0 Å². The highest BCUT2D eigenvalue weighted by atomic mass is 16.5. The normalized spacial score (nSPS) is 7.88. The van der Waals surface area contributed by atoms with Crippen molar-refractivity contribution in [2.24, 2.45) is 0 Å². The van der Waals surface area contributed by atoms with Crippen LogP contribution in [0.5, 0.6) is 0 Å². The Morgan fingerprint density at radius 2 is 1.27 bits per heavy atom. The Balaban J connectivity index is -0.0000000933. The number of aliphatic hydroxyl groups is 2. The third-order valence-electron chi connectivity index (χ3n) is 2.00. The summed E-state index contributed by atoms with van der Waals surface area (Å²) in [6.07, 6.45) is 2.40. The number of carbonyl (C=O) groups excluding carboxylic acids is 1. The molecule has 0 heterocycles. The van der Waals surface area contributed by atoms with Crippen molar-refractivity contribution in [3.05, 3.63) is 26.3 Å². The monoisotopic (exact) mass is 380 g/mol. The predicted octanol–water partition coefficient (Wildman–Crippen LogP) is 3.20. The van der Waals surface area contributed by atoms with E-state index in [1.54, 1.807) is 0 Å². The van der Waals surface area contributed by atoms with Gasteiger partial charge in [-0.3, -0.25) is 9.59 Å². The Labute approximate surface area is 159 Å². The Hall–Kier alpha value is -1.70. The first-order valence-electron chi connectivity index (χ1n) is 8.66. The topological polar surface area (TPSA) is 113 Å². The van der Waals surface area contributed by atoms with E-state index in [2.05, 4.69) is 26.3 Å². The maximum atomic E-state index is 10.9. The van der Waals surface area contributed by atoms with Crippen molar-refractivity contribution in [2.45, 2.75) is 52.9 Å². The third kappa shape index (κ3) is 66.9. The van der Waals surface area contributed by atoms with Crippen LogP contribution in [-0.4, -0.2) is 60.3 Å². The van der Waals surface area contributed by atoms with E-state index in [9.17, 15) is 9.59 Å². The Bertz CT molecular complexity index is 252. The maximum absolute atomic E-state index is 10.9. The summed E-state index contributed by atoms with van der Waals surface area (Å²) in [6.45, 7) is 19.8. The summed E-state index contributed by atoms with van der Waals surface area (Å²) < 4.78 is 9.65. The molecule has 158 valence electrons. The highest BCUT2D eigenvalue weighted by Crippen LogP contribution is 2.01. The number of unbranched alkanes of at least 4 members (excludes halogenated alkanes) is 1. The quantitative estimate of drug-likeness (QED) is 0.303. The van der Waals surface area contributed by atoms with E-state index in [0.717, 1.165) is 19.6 Å². The highest BCUT2D eigenvalue weighted by molar-refractivity contribution is 5.69. The molecular formula is C19H40O7. The molecule has 0 spiro atoms. The van der Waals surface area contributed by atoms with Gasteiger partial charge >= 0.3 is 11.9 Å². The average molecular weight is 381 g/mol. The molecule has 0 aromatic heterocycles. The molecule has 0 aromatic carbocycles. The summed E-state index contributed by atoms with van der Waals surface area (Å²) in [6, 6.07) is 0. The molecule has 0 saturated heterocycles. The van der Waals surface area contributed by atoms with Gasteiger partial charge in [0.15, 0.2) is 0 Å². The molecule has 0 amide bonds. The van der Waals surface area contributed by atoms with Crippen LogP contribution in [-0.2, 0) is 19.1 Å². The van der Waals surface area contributed by atoms with Crippen LogP contribution < -0.4 is 0 Å². The zero-order valence-electron chi connectivity index (χ0n) is 16.9. The van der Waals surface area contributed by atoms with E-state index in [1.165, 1.54) is 0 Å². The lowest BCUT2D eigenvalue weighted by molar-refractivity contribution is -0.144. The minimum absolute atomic E-state index is 0.125. The summed E-state index contributed by atoms with van der Waals surface area (Å²) >= 11 is 0. The molecule has 0 rings (SSSR count). The maximum Gasteiger partial charge on any atom is 0.305 e. The molecule has 0 fully saturated rings. The molecule has 0 aliphatic carbocycles. The Kier molecular flexibility index (Phi) is 59.4. The van der Waals surface area contributed by atoms with Crippen molar-refractivity contribution in [2.75, 3.05) is 33.0 Å². The molecule has 0 bridgehead atoms. The fourth-order valence-corrected chi connectivity index (χ4v) is 1.04. The van der Waals surface area contributed by atoms with Crippen molar-refractivity contribution in [1.82, 2.24) is 0 Å². The van der Waals surface area contributed by atoms with Crippen LogP contribution in [0.25, 0.3) is 0 Å². The minimum atomic E-state index is -0.818. The molecule has 0 unspecified atom stereocenters. The van der Waals surface area contributed by atoms with Crippen LogP contribution >= 0.6 is 0 Å². The van der Waals surface area contributed by atoms with Gasteiger partial charge in [0.05, 0.1) is 19.8 Å². The van der Waals surface area contributed by atoms with Crippen LogP contribution in [0, 0.1) is 0 Å². The second-order valence-electron chi connectivity index (χ2n) is 4.05. The Morgan fingerprint density at radius 3 is 1.54 bits per heavy atom. The lowest BCUT2D eigenvalue weighted by Gasteiger charge is -2.01. The number of aliphatic hydroxyl groups excluding tert-OH is 2. The molecule has 26 heavy (non-hydrogen) atoms. The lowest BCUT2D eigenvalue weighted by Crippen LogP contribution is -2.05. The summed E-state index contributed by atoms with van der Waals surface area (Å²) in [5.74, 6) is -1.05. The van der Waals surface area contributed by atoms with Gasteiger partial charge in [0.2, 0.25) is 0 Å². The number of esters is 1. The first kappa shape index (κ1) is 35.4. The third-order valence-corrected chi connectivity index (χ3v) is 2.00. The summed E-state index contributed by atoms with van der Waals surface area (Å²) in [5, 5.41) is 23.6. The smallest absolute Gasteiger partial charge is 0.305 e. The number of carboxylic acids is 1. The first-order valence-corrected chi connectivity index (χ1v) is 8.66. The molecule has 0 atom stereocenters. The second-order valence-corrected chi connectivity index (χ2v) is 4.05. The van der Waals surface area contributed by atoms with E-state index in [0.29, 0.717) is 25.9 Å². The second kappa shape index (κ2) is 43.6. The van der Waals surface area contributed by atoms with Gasteiger partial charge in [-0.2, -0.15) is 0 Å². The van der Waals surface area contributed by atoms with E-state index in [4.69, 9.17) is 24.8 Å². The number of carboxylic acid groups (broad SMARTS) is 1. The highest BCUT2D eigenvalue weighted by Gasteiger charge is 2.02. The fourth-order valence-electron chi connectivity index (χ4n) is 1.04. The van der Waals surface area contributed by atoms with Crippen LogP contribution in [0.2, 0.25) is 0 Å². The molecule has 0 aliphatic heterocycles. The molecule has 7 nitrogen and oxygen atoms in total. The van der Waals surface area contributed by atoms with Gasteiger partial charge < -0.3 is 24.8 Å². The van der Waals surface area contributed by atoms with Crippen LogP contribution in [0.15, 0.2) is 26.3 Å². The van der Waals surface area contributed by atoms with E-state index < -0.39 is 5.97 Å². The van der Waals surface area contributed by atoms with Gasteiger partial charge in [-0.1, -0.05) is 6.92 Å². The number of carbonyl (C=O) groups is 2. The molecule has 0 aliphatic rings. The average Bonchev–Trinajstić information content (AvgIpc) is 2.68. The molecule has 0 radical (unpaired) electrons. The van der Waals surface area contributed by atoms with Gasteiger partial charge in [0, 0.05) is 26.1 Å². The van der Waals surface area contributed by atoms with Crippen molar-refractivity contribution in [1.29, 1.82) is 0 Å². The summed E-state index contributed by atoms with van der Waals surface area (Å²) in [7, 11) is 0. The van der Waals surface area contributed by atoms with E-state index in [1.807, 2.05) is 20.8 Å². The summed E-state index contributed by atoms with van der Waals surface area (Å²) in [5.41, 5.74) is 0. The van der Waals surface area contributed by atoms with Gasteiger partial charge in [0.1, 0.15) is 0 Å². The fraction of sp³-hybridized carbons (Fsp3) is 0.684. The predicted molar refractivity (Wildman–Crippen MR) is 106 cm³/mol. The zero-order chi connectivity index (χ0) is 21.6. The SMILES string of the molecule is C=C.C=C.CCCOC(=O)CCCCC(=O)O.CCOCC.OCCO. The molecule has 0 saturated carbocycles. The lowest BCUT2D eigenvalue weighted by atomic mass is 10.2. The van der Waals surface area contributed by atoms with Crippen LogP contribution in [0.1, 0.15) is 52.9 Å². The Morgan fingerprint density at radius 1 is 0.846 bits per heavy atom. The van der Waals surface area contributed by atoms with E-state index >= 15 is 0 Å². The van der Waals surface area contributed by atoms with Crippen molar-refractivity contribution >= 4 is 11.9 Å². The molecule has 7 heteroatoms. The van der Waals surface area contributed by atoms with Crippen LogP contribution in [0.3, 0.4) is 0 Å². The molecule has 3 N–H and O–H groups in total. The minimum Gasteiger partial charge on any atom is -0.481 e. The number of hydrogen-bond acceptors (Lipinski definition) is 6. The number of aliphatic carboxylic acids is 1. The van der Waals surface area contributed by atoms with Crippen molar-refractivity contribution in [3.8, 4) is 0 Å². The van der Waals surface area contributed by atoms with Gasteiger partial charge in [-0.15, -0.1) is 26.3 Å². The molecular weight excluding hydrogens is 340 g/mol.